The normalized spacial score (nSPS) is 20.5. The molecule has 1 N–H and O–H groups in total. The van der Waals surface area contributed by atoms with Crippen molar-refractivity contribution in [2.75, 3.05) is 13.7 Å². The minimum atomic E-state index is 0. The summed E-state index contributed by atoms with van der Waals surface area (Å²) in [6.45, 7) is 1.13. The minimum absolute atomic E-state index is 0. The van der Waals surface area contributed by atoms with Crippen LogP contribution < -0.4 is 10.1 Å². The highest BCUT2D eigenvalue weighted by molar-refractivity contribution is 5.85. The second-order valence-electron chi connectivity index (χ2n) is 3.74. The van der Waals surface area contributed by atoms with Crippen LogP contribution in [0.2, 0.25) is 0 Å². The molecule has 1 aliphatic heterocycles. The molecule has 3 heteroatoms. The lowest BCUT2D eigenvalue weighted by atomic mass is 9.97. The van der Waals surface area contributed by atoms with Gasteiger partial charge in [-0.15, -0.1) is 12.4 Å². The first-order valence-corrected chi connectivity index (χ1v) is 5.28. The van der Waals surface area contributed by atoms with Crippen molar-refractivity contribution in [2.45, 2.75) is 25.3 Å². The van der Waals surface area contributed by atoms with Gasteiger partial charge in [0.05, 0.1) is 7.11 Å². The standard InChI is InChI=1S/C12H17NO.ClH/c1-14-12-8-3-2-6-10(12)11-7-4-5-9-13-11;/h2-3,6,8,11,13H,4-5,7,9H2,1H3;1H/t11-;/m1./s1. The summed E-state index contributed by atoms with van der Waals surface area (Å²) in [5.74, 6) is 1.01. The van der Waals surface area contributed by atoms with Gasteiger partial charge in [-0.1, -0.05) is 24.6 Å². The van der Waals surface area contributed by atoms with Crippen molar-refractivity contribution >= 4 is 12.4 Å². The Morgan fingerprint density at radius 1 is 1.27 bits per heavy atom. The van der Waals surface area contributed by atoms with Crippen molar-refractivity contribution in [3.05, 3.63) is 29.8 Å². The summed E-state index contributed by atoms with van der Waals surface area (Å²) in [5, 5.41) is 3.53. The smallest absolute Gasteiger partial charge is 0.123 e. The van der Waals surface area contributed by atoms with E-state index in [2.05, 4.69) is 17.4 Å². The molecular weight excluding hydrogens is 210 g/mol. The summed E-state index contributed by atoms with van der Waals surface area (Å²) >= 11 is 0. The van der Waals surface area contributed by atoms with Crippen LogP contribution in [0.5, 0.6) is 5.75 Å². The van der Waals surface area contributed by atoms with Crippen molar-refractivity contribution < 1.29 is 4.74 Å². The number of methoxy groups -OCH3 is 1. The van der Waals surface area contributed by atoms with Crippen molar-refractivity contribution in [3.63, 3.8) is 0 Å². The third-order valence-electron chi connectivity index (χ3n) is 2.82. The predicted octanol–water partition coefficient (Wildman–Crippen LogP) is 2.93. The van der Waals surface area contributed by atoms with E-state index >= 15 is 0 Å². The number of halogens is 1. The van der Waals surface area contributed by atoms with E-state index in [-0.39, 0.29) is 12.4 Å². The average Bonchev–Trinajstić information content (AvgIpc) is 2.30. The van der Waals surface area contributed by atoms with E-state index < -0.39 is 0 Å². The van der Waals surface area contributed by atoms with Crippen molar-refractivity contribution in [1.82, 2.24) is 5.32 Å². The first kappa shape index (κ1) is 12.3. The molecule has 1 aliphatic rings. The Balaban J connectivity index is 0.00000112. The molecule has 1 heterocycles. The van der Waals surface area contributed by atoms with E-state index in [9.17, 15) is 0 Å². The molecule has 1 aromatic rings. The van der Waals surface area contributed by atoms with E-state index in [1.165, 1.54) is 24.8 Å². The number of nitrogens with one attached hydrogen (secondary N) is 1. The molecule has 0 spiro atoms. The van der Waals surface area contributed by atoms with Crippen LogP contribution in [-0.2, 0) is 0 Å². The maximum Gasteiger partial charge on any atom is 0.123 e. The maximum atomic E-state index is 5.36. The zero-order valence-corrected chi connectivity index (χ0v) is 9.85. The van der Waals surface area contributed by atoms with Gasteiger partial charge < -0.3 is 10.1 Å². The fourth-order valence-electron chi connectivity index (χ4n) is 2.07. The fraction of sp³-hybridized carbons (Fsp3) is 0.500. The maximum absolute atomic E-state index is 5.36. The first-order chi connectivity index (χ1) is 6.92. The summed E-state index contributed by atoms with van der Waals surface area (Å²) in [7, 11) is 1.74. The molecule has 0 amide bonds. The Morgan fingerprint density at radius 2 is 2.07 bits per heavy atom. The monoisotopic (exact) mass is 227 g/mol. The molecule has 0 bridgehead atoms. The molecule has 84 valence electrons. The Hall–Kier alpha value is -0.730. The van der Waals surface area contributed by atoms with Crippen molar-refractivity contribution in [3.8, 4) is 5.75 Å². The van der Waals surface area contributed by atoms with Gasteiger partial charge in [0.1, 0.15) is 5.75 Å². The topological polar surface area (TPSA) is 21.3 Å². The van der Waals surface area contributed by atoms with Gasteiger partial charge in [0.2, 0.25) is 0 Å². The second-order valence-corrected chi connectivity index (χ2v) is 3.74. The summed E-state index contributed by atoms with van der Waals surface area (Å²) in [5.41, 5.74) is 1.30. The highest BCUT2D eigenvalue weighted by Crippen LogP contribution is 2.29. The van der Waals surface area contributed by atoms with Gasteiger partial charge in [-0.2, -0.15) is 0 Å². The number of hydrogen-bond acceptors (Lipinski definition) is 2. The Labute approximate surface area is 97.4 Å². The lowest BCUT2D eigenvalue weighted by Crippen LogP contribution is -2.27. The summed E-state index contributed by atoms with van der Waals surface area (Å²) < 4.78 is 5.36. The Bertz CT molecular complexity index is 297. The van der Waals surface area contributed by atoms with Crippen LogP contribution in [0.15, 0.2) is 24.3 Å². The highest BCUT2D eigenvalue weighted by atomic mass is 35.5. The second kappa shape index (κ2) is 5.99. The van der Waals surface area contributed by atoms with E-state index in [0.717, 1.165) is 12.3 Å². The molecule has 2 rings (SSSR count). The Morgan fingerprint density at radius 3 is 2.73 bits per heavy atom. The molecule has 2 nitrogen and oxygen atoms in total. The largest absolute Gasteiger partial charge is 0.496 e. The van der Waals surface area contributed by atoms with Crippen LogP contribution >= 0.6 is 12.4 Å². The third-order valence-corrected chi connectivity index (χ3v) is 2.82. The number of ether oxygens (including phenoxy) is 1. The van der Waals surface area contributed by atoms with Crippen LogP contribution in [0.25, 0.3) is 0 Å². The molecule has 15 heavy (non-hydrogen) atoms. The minimum Gasteiger partial charge on any atom is -0.496 e. The molecule has 1 saturated heterocycles. The summed E-state index contributed by atoms with van der Waals surface area (Å²) in [6, 6.07) is 8.77. The van der Waals surface area contributed by atoms with Gasteiger partial charge in [0, 0.05) is 11.6 Å². The van der Waals surface area contributed by atoms with Gasteiger partial charge >= 0.3 is 0 Å². The van der Waals surface area contributed by atoms with Gasteiger partial charge in [-0.05, 0) is 25.5 Å². The van der Waals surface area contributed by atoms with Crippen LogP contribution in [0.4, 0.5) is 0 Å². The van der Waals surface area contributed by atoms with Gasteiger partial charge in [-0.3, -0.25) is 0 Å². The van der Waals surface area contributed by atoms with E-state index in [1.54, 1.807) is 7.11 Å². The number of hydrogen-bond donors (Lipinski definition) is 1. The zero-order chi connectivity index (χ0) is 9.80. The van der Waals surface area contributed by atoms with Crippen LogP contribution in [0, 0.1) is 0 Å². The molecule has 1 fully saturated rings. The van der Waals surface area contributed by atoms with Gasteiger partial charge in [-0.25, -0.2) is 0 Å². The Kier molecular flexibility index (Phi) is 4.92. The zero-order valence-electron chi connectivity index (χ0n) is 9.03. The SMILES string of the molecule is COc1ccccc1[C@H]1CCCCN1.Cl. The van der Waals surface area contributed by atoms with Crippen molar-refractivity contribution in [1.29, 1.82) is 0 Å². The number of para-hydroxylation sites is 1. The molecule has 0 aromatic heterocycles. The quantitative estimate of drug-likeness (QED) is 0.839. The molecule has 0 radical (unpaired) electrons. The predicted molar refractivity (Wildman–Crippen MR) is 64.8 cm³/mol. The number of rotatable bonds is 2. The molecule has 0 saturated carbocycles. The molecule has 0 aliphatic carbocycles. The lowest BCUT2D eigenvalue weighted by Gasteiger charge is -2.25. The summed E-state index contributed by atoms with van der Waals surface area (Å²) in [6.07, 6.45) is 3.84. The van der Waals surface area contributed by atoms with E-state index in [4.69, 9.17) is 4.74 Å². The molecule has 0 unspecified atom stereocenters. The number of piperidine rings is 1. The van der Waals surface area contributed by atoms with Gasteiger partial charge in [0.25, 0.3) is 0 Å². The highest BCUT2D eigenvalue weighted by Gasteiger charge is 2.17. The lowest BCUT2D eigenvalue weighted by molar-refractivity contribution is 0.373. The first-order valence-electron chi connectivity index (χ1n) is 5.28. The fourth-order valence-corrected chi connectivity index (χ4v) is 2.07. The molecule has 1 atom stereocenters. The van der Waals surface area contributed by atoms with Crippen LogP contribution in [-0.4, -0.2) is 13.7 Å². The molecular formula is C12H18ClNO. The van der Waals surface area contributed by atoms with Crippen LogP contribution in [0.1, 0.15) is 30.9 Å². The van der Waals surface area contributed by atoms with E-state index in [0.29, 0.717) is 6.04 Å². The summed E-state index contributed by atoms with van der Waals surface area (Å²) in [4.78, 5) is 0. The van der Waals surface area contributed by atoms with Crippen LogP contribution in [0.3, 0.4) is 0 Å². The average molecular weight is 228 g/mol. The van der Waals surface area contributed by atoms with Crippen molar-refractivity contribution in [2.24, 2.45) is 0 Å². The molecule has 1 aromatic carbocycles. The van der Waals surface area contributed by atoms with E-state index in [1.807, 2.05) is 12.1 Å². The van der Waals surface area contributed by atoms with Gasteiger partial charge in [0.15, 0.2) is 0 Å². The third kappa shape index (κ3) is 2.86. The number of benzene rings is 1.